The van der Waals surface area contributed by atoms with Gasteiger partial charge < -0.3 is 19.9 Å². The number of benzene rings is 1. The standard InChI is InChI=1S/C20H24N6O/c1-27-18-12-17(23-20(21)24-18)25-10-5-8-16(14-25)19-22-9-11-26(19)13-15-6-3-2-4-7-15/h2-4,6-7,9,11-12,16H,5,8,10,13-14H2,1H3,(H2,21,23,24)/t16-/m0/s1. The Morgan fingerprint density at radius 2 is 2.07 bits per heavy atom. The van der Waals surface area contributed by atoms with Crippen LogP contribution in [-0.2, 0) is 6.54 Å². The summed E-state index contributed by atoms with van der Waals surface area (Å²) in [4.78, 5) is 15.4. The monoisotopic (exact) mass is 364 g/mol. The van der Waals surface area contributed by atoms with Crippen molar-refractivity contribution in [1.82, 2.24) is 19.5 Å². The molecular formula is C20H24N6O. The molecule has 3 aromatic rings. The lowest BCUT2D eigenvalue weighted by molar-refractivity contribution is 0.397. The van der Waals surface area contributed by atoms with Gasteiger partial charge in [0.15, 0.2) is 0 Å². The summed E-state index contributed by atoms with van der Waals surface area (Å²) < 4.78 is 7.49. The topological polar surface area (TPSA) is 82.1 Å². The van der Waals surface area contributed by atoms with Crippen molar-refractivity contribution in [3.63, 3.8) is 0 Å². The second-order valence-electron chi connectivity index (χ2n) is 6.81. The van der Waals surface area contributed by atoms with Crippen LogP contribution >= 0.6 is 0 Å². The lowest BCUT2D eigenvalue weighted by Gasteiger charge is -2.33. The highest BCUT2D eigenvalue weighted by Crippen LogP contribution is 2.30. The maximum Gasteiger partial charge on any atom is 0.225 e. The zero-order chi connectivity index (χ0) is 18.6. The number of anilines is 2. The van der Waals surface area contributed by atoms with Gasteiger partial charge in [-0.3, -0.25) is 0 Å². The van der Waals surface area contributed by atoms with Gasteiger partial charge in [-0.05, 0) is 18.4 Å². The average molecular weight is 364 g/mol. The van der Waals surface area contributed by atoms with E-state index in [1.54, 1.807) is 7.11 Å². The Bertz CT molecular complexity index is 894. The maximum atomic E-state index is 5.84. The van der Waals surface area contributed by atoms with Gasteiger partial charge in [0.05, 0.1) is 7.11 Å². The lowest BCUT2D eigenvalue weighted by Crippen LogP contribution is -2.36. The molecule has 7 heteroatoms. The molecule has 140 valence electrons. The summed E-state index contributed by atoms with van der Waals surface area (Å²) in [6.45, 7) is 2.63. The largest absolute Gasteiger partial charge is 0.481 e. The highest BCUT2D eigenvalue weighted by molar-refractivity contribution is 5.46. The van der Waals surface area contributed by atoms with Crippen molar-refractivity contribution in [2.75, 3.05) is 30.8 Å². The molecule has 0 aliphatic carbocycles. The third-order valence-corrected chi connectivity index (χ3v) is 4.97. The highest BCUT2D eigenvalue weighted by Gasteiger charge is 2.26. The van der Waals surface area contributed by atoms with E-state index in [1.807, 2.05) is 18.3 Å². The zero-order valence-electron chi connectivity index (χ0n) is 15.5. The molecule has 1 fully saturated rings. The molecule has 3 heterocycles. The van der Waals surface area contributed by atoms with Gasteiger partial charge in [0.1, 0.15) is 11.6 Å². The molecule has 1 aliphatic rings. The number of aromatic nitrogens is 4. The molecule has 1 saturated heterocycles. The minimum absolute atomic E-state index is 0.233. The normalized spacial score (nSPS) is 17.1. The molecule has 2 aromatic heterocycles. The highest BCUT2D eigenvalue weighted by atomic mass is 16.5. The second-order valence-corrected chi connectivity index (χ2v) is 6.81. The van der Waals surface area contributed by atoms with Gasteiger partial charge in [0.25, 0.3) is 0 Å². The van der Waals surface area contributed by atoms with Crippen molar-refractivity contribution in [3.8, 4) is 5.88 Å². The SMILES string of the molecule is COc1cc(N2CCC[C@H](c3nccn3Cc3ccccc3)C2)nc(N)n1. The molecule has 2 N–H and O–H groups in total. The molecular weight excluding hydrogens is 340 g/mol. The number of rotatable bonds is 5. The van der Waals surface area contributed by atoms with E-state index in [4.69, 9.17) is 10.5 Å². The van der Waals surface area contributed by atoms with E-state index < -0.39 is 0 Å². The lowest BCUT2D eigenvalue weighted by atomic mass is 9.97. The second kappa shape index (κ2) is 7.65. The molecule has 1 aromatic carbocycles. The summed E-state index contributed by atoms with van der Waals surface area (Å²) in [7, 11) is 1.59. The van der Waals surface area contributed by atoms with Crippen molar-refractivity contribution in [3.05, 3.63) is 60.2 Å². The fourth-order valence-electron chi connectivity index (χ4n) is 3.69. The van der Waals surface area contributed by atoms with Crippen LogP contribution < -0.4 is 15.4 Å². The van der Waals surface area contributed by atoms with Gasteiger partial charge in [0.2, 0.25) is 11.8 Å². The van der Waals surface area contributed by atoms with Crippen LogP contribution in [0.2, 0.25) is 0 Å². The number of nitrogen functional groups attached to an aromatic ring is 1. The molecule has 0 radical (unpaired) electrons. The summed E-state index contributed by atoms with van der Waals surface area (Å²) in [6.07, 6.45) is 6.14. The van der Waals surface area contributed by atoms with Crippen LogP contribution in [-0.4, -0.2) is 39.7 Å². The van der Waals surface area contributed by atoms with Crippen LogP contribution in [0.3, 0.4) is 0 Å². The number of nitrogens with zero attached hydrogens (tertiary/aromatic N) is 5. The summed E-state index contributed by atoms with van der Waals surface area (Å²) in [5.74, 6) is 3.00. The van der Waals surface area contributed by atoms with Crippen molar-refractivity contribution in [2.45, 2.75) is 25.3 Å². The van der Waals surface area contributed by atoms with Gasteiger partial charge in [-0.15, -0.1) is 0 Å². The molecule has 27 heavy (non-hydrogen) atoms. The van der Waals surface area contributed by atoms with Crippen molar-refractivity contribution in [2.24, 2.45) is 0 Å². The molecule has 7 nitrogen and oxygen atoms in total. The van der Waals surface area contributed by atoms with E-state index in [1.165, 1.54) is 5.56 Å². The molecule has 1 aliphatic heterocycles. The first-order valence-corrected chi connectivity index (χ1v) is 9.21. The molecule has 0 spiro atoms. The minimum atomic E-state index is 0.233. The number of imidazole rings is 1. The predicted octanol–water partition coefficient (Wildman–Crippen LogP) is 2.70. The Morgan fingerprint density at radius 1 is 1.22 bits per heavy atom. The minimum Gasteiger partial charge on any atom is -0.481 e. The van der Waals surface area contributed by atoms with Crippen LogP contribution in [0.15, 0.2) is 48.8 Å². The van der Waals surface area contributed by atoms with Crippen LogP contribution in [0.1, 0.15) is 30.1 Å². The molecule has 1 atom stereocenters. The number of nitrogens with two attached hydrogens (primary N) is 1. The first kappa shape index (κ1) is 17.3. The van der Waals surface area contributed by atoms with Crippen molar-refractivity contribution < 1.29 is 4.74 Å². The van der Waals surface area contributed by atoms with Gasteiger partial charge in [-0.2, -0.15) is 9.97 Å². The number of piperidine rings is 1. The van der Waals surface area contributed by atoms with Crippen LogP contribution in [0.5, 0.6) is 5.88 Å². The summed E-state index contributed by atoms with van der Waals surface area (Å²) in [5.41, 5.74) is 7.11. The molecule has 0 amide bonds. The zero-order valence-corrected chi connectivity index (χ0v) is 15.5. The van der Waals surface area contributed by atoms with E-state index in [2.05, 4.69) is 54.9 Å². The summed E-state index contributed by atoms with van der Waals surface area (Å²) in [6, 6.07) is 12.3. The molecule has 0 saturated carbocycles. The molecule has 0 unspecified atom stereocenters. The van der Waals surface area contributed by atoms with Crippen molar-refractivity contribution >= 4 is 11.8 Å². The third-order valence-electron chi connectivity index (χ3n) is 4.97. The van der Waals surface area contributed by atoms with E-state index in [9.17, 15) is 0 Å². The van der Waals surface area contributed by atoms with Crippen LogP contribution in [0, 0.1) is 0 Å². The smallest absolute Gasteiger partial charge is 0.225 e. The van der Waals surface area contributed by atoms with E-state index in [0.29, 0.717) is 11.8 Å². The van der Waals surface area contributed by atoms with E-state index in [0.717, 1.165) is 44.1 Å². The fourth-order valence-corrected chi connectivity index (χ4v) is 3.69. The van der Waals surface area contributed by atoms with Gasteiger partial charge in [0, 0.05) is 44.0 Å². The van der Waals surface area contributed by atoms with Crippen molar-refractivity contribution in [1.29, 1.82) is 0 Å². The van der Waals surface area contributed by atoms with E-state index in [-0.39, 0.29) is 5.95 Å². The van der Waals surface area contributed by atoms with Gasteiger partial charge in [-0.1, -0.05) is 30.3 Å². The number of ether oxygens (including phenoxy) is 1. The number of methoxy groups -OCH3 is 1. The summed E-state index contributed by atoms with van der Waals surface area (Å²) in [5, 5.41) is 0. The molecule has 4 rings (SSSR count). The Morgan fingerprint density at radius 3 is 2.89 bits per heavy atom. The number of hydrogen-bond acceptors (Lipinski definition) is 6. The Hall–Kier alpha value is -3.09. The number of hydrogen-bond donors (Lipinski definition) is 1. The molecule has 0 bridgehead atoms. The predicted molar refractivity (Wildman–Crippen MR) is 105 cm³/mol. The first-order chi connectivity index (χ1) is 13.2. The van der Waals surface area contributed by atoms with E-state index >= 15 is 0 Å². The van der Waals surface area contributed by atoms with Gasteiger partial charge >= 0.3 is 0 Å². The third kappa shape index (κ3) is 3.86. The average Bonchev–Trinajstić information content (AvgIpc) is 3.16. The van der Waals surface area contributed by atoms with Crippen LogP contribution in [0.4, 0.5) is 11.8 Å². The Labute approximate surface area is 158 Å². The van der Waals surface area contributed by atoms with Gasteiger partial charge in [-0.25, -0.2) is 4.98 Å². The Balaban J connectivity index is 1.54. The summed E-state index contributed by atoms with van der Waals surface area (Å²) >= 11 is 0. The maximum absolute atomic E-state index is 5.84. The first-order valence-electron chi connectivity index (χ1n) is 9.21. The van der Waals surface area contributed by atoms with Crippen LogP contribution in [0.25, 0.3) is 0 Å². The Kier molecular flexibility index (Phi) is 4.91. The quantitative estimate of drug-likeness (QED) is 0.750. The fraction of sp³-hybridized carbons (Fsp3) is 0.350.